The fourth-order valence-corrected chi connectivity index (χ4v) is 3.84. The first kappa shape index (κ1) is 12.5. The molecule has 0 spiro atoms. The van der Waals surface area contributed by atoms with E-state index >= 15 is 0 Å². The molecule has 1 aromatic carbocycles. The first-order valence-electron chi connectivity index (χ1n) is 6.38. The van der Waals surface area contributed by atoms with Gasteiger partial charge in [0.25, 0.3) is 0 Å². The lowest BCUT2D eigenvalue weighted by molar-refractivity contribution is 0.394. The smallest absolute Gasteiger partial charge is 0.0991 e. The SMILES string of the molecule is CC1CCCC(SCc2ccc(C#N)cc2)C1. The summed E-state index contributed by atoms with van der Waals surface area (Å²) >= 11 is 2.08. The summed E-state index contributed by atoms with van der Waals surface area (Å²) < 4.78 is 0. The molecule has 2 unspecified atom stereocenters. The number of hydrogen-bond acceptors (Lipinski definition) is 2. The number of benzene rings is 1. The topological polar surface area (TPSA) is 23.8 Å². The maximum absolute atomic E-state index is 8.74. The van der Waals surface area contributed by atoms with Crippen molar-refractivity contribution in [2.75, 3.05) is 0 Å². The highest BCUT2D eigenvalue weighted by atomic mass is 32.2. The van der Waals surface area contributed by atoms with E-state index in [1.54, 1.807) is 0 Å². The molecule has 90 valence electrons. The molecule has 2 heteroatoms. The number of hydrogen-bond donors (Lipinski definition) is 0. The van der Waals surface area contributed by atoms with E-state index in [9.17, 15) is 0 Å². The van der Waals surface area contributed by atoms with Gasteiger partial charge in [-0.25, -0.2) is 0 Å². The van der Waals surface area contributed by atoms with E-state index in [1.807, 2.05) is 12.1 Å². The maximum Gasteiger partial charge on any atom is 0.0991 e. The molecule has 0 saturated heterocycles. The number of nitrogens with zero attached hydrogens (tertiary/aromatic N) is 1. The zero-order valence-corrected chi connectivity index (χ0v) is 11.2. The quantitative estimate of drug-likeness (QED) is 0.789. The molecular weight excluding hydrogens is 226 g/mol. The lowest BCUT2D eigenvalue weighted by Crippen LogP contribution is -2.15. The largest absolute Gasteiger partial charge is 0.192 e. The van der Waals surface area contributed by atoms with Crippen LogP contribution >= 0.6 is 11.8 Å². The molecule has 0 heterocycles. The minimum Gasteiger partial charge on any atom is -0.192 e. The molecule has 0 bridgehead atoms. The standard InChI is InChI=1S/C15H19NS/c1-12-3-2-4-15(9-12)17-11-14-7-5-13(10-16)6-8-14/h5-8,12,15H,2-4,9,11H2,1H3. The van der Waals surface area contributed by atoms with Crippen LogP contribution in [0.3, 0.4) is 0 Å². The zero-order chi connectivity index (χ0) is 12.1. The summed E-state index contributed by atoms with van der Waals surface area (Å²) in [6, 6.07) is 10.2. The third-order valence-electron chi connectivity index (χ3n) is 3.46. The van der Waals surface area contributed by atoms with E-state index in [2.05, 4.69) is 36.9 Å². The van der Waals surface area contributed by atoms with Gasteiger partial charge in [-0.3, -0.25) is 0 Å². The van der Waals surface area contributed by atoms with Crippen LogP contribution < -0.4 is 0 Å². The molecule has 1 aromatic rings. The van der Waals surface area contributed by atoms with Gasteiger partial charge >= 0.3 is 0 Å². The molecule has 0 aliphatic heterocycles. The summed E-state index contributed by atoms with van der Waals surface area (Å²) in [7, 11) is 0. The molecule has 0 radical (unpaired) electrons. The Morgan fingerprint density at radius 1 is 1.29 bits per heavy atom. The van der Waals surface area contributed by atoms with Crippen molar-refractivity contribution >= 4 is 11.8 Å². The lowest BCUT2D eigenvalue weighted by Gasteiger charge is -2.26. The van der Waals surface area contributed by atoms with Gasteiger partial charge in [0.2, 0.25) is 0 Å². The second kappa shape index (κ2) is 6.12. The van der Waals surface area contributed by atoms with Gasteiger partial charge in [-0.2, -0.15) is 17.0 Å². The predicted molar refractivity (Wildman–Crippen MR) is 73.9 cm³/mol. The van der Waals surface area contributed by atoms with Crippen LogP contribution in [0, 0.1) is 17.2 Å². The number of rotatable bonds is 3. The highest BCUT2D eigenvalue weighted by Gasteiger charge is 2.18. The van der Waals surface area contributed by atoms with Gasteiger partial charge in [0.15, 0.2) is 0 Å². The second-order valence-corrected chi connectivity index (χ2v) is 6.30. The van der Waals surface area contributed by atoms with E-state index in [1.165, 1.54) is 31.2 Å². The summed E-state index contributed by atoms with van der Waals surface area (Å²) in [6.45, 7) is 2.37. The Labute approximate surface area is 108 Å². The minimum atomic E-state index is 0.755. The average Bonchev–Trinajstić information content (AvgIpc) is 2.37. The van der Waals surface area contributed by atoms with E-state index in [4.69, 9.17) is 5.26 Å². The zero-order valence-electron chi connectivity index (χ0n) is 10.4. The Balaban J connectivity index is 1.83. The average molecular weight is 245 g/mol. The van der Waals surface area contributed by atoms with Crippen molar-refractivity contribution in [3.8, 4) is 6.07 Å². The van der Waals surface area contributed by atoms with Crippen molar-refractivity contribution in [2.24, 2.45) is 5.92 Å². The summed E-state index contributed by atoms with van der Waals surface area (Å²) in [6.07, 6.45) is 5.56. The van der Waals surface area contributed by atoms with Gasteiger partial charge in [-0.05, 0) is 36.5 Å². The fourth-order valence-electron chi connectivity index (χ4n) is 2.42. The van der Waals surface area contributed by atoms with Crippen LogP contribution in [0.15, 0.2) is 24.3 Å². The molecule has 1 aliphatic rings. The Morgan fingerprint density at radius 2 is 2.06 bits per heavy atom. The van der Waals surface area contributed by atoms with Crippen molar-refractivity contribution in [2.45, 2.75) is 43.6 Å². The summed E-state index contributed by atoms with van der Waals surface area (Å²) in [4.78, 5) is 0. The minimum absolute atomic E-state index is 0.755. The molecule has 1 aliphatic carbocycles. The van der Waals surface area contributed by atoms with Crippen LogP contribution in [0.1, 0.15) is 43.7 Å². The van der Waals surface area contributed by atoms with E-state index in [0.29, 0.717) is 0 Å². The molecule has 1 fully saturated rings. The van der Waals surface area contributed by atoms with Crippen molar-refractivity contribution in [3.63, 3.8) is 0 Å². The molecule has 2 rings (SSSR count). The lowest BCUT2D eigenvalue weighted by atomic mass is 9.91. The highest BCUT2D eigenvalue weighted by molar-refractivity contribution is 7.99. The Morgan fingerprint density at radius 3 is 2.71 bits per heavy atom. The van der Waals surface area contributed by atoms with Crippen molar-refractivity contribution in [3.05, 3.63) is 35.4 Å². The summed E-state index contributed by atoms with van der Waals surface area (Å²) in [5.74, 6) is 1.99. The Kier molecular flexibility index (Phi) is 4.50. The van der Waals surface area contributed by atoms with Crippen LogP contribution in [-0.4, -0.2) is 5.25 Å². The molecule has 0 amide bonds. The first-order valence-corrected chi connectivity index (χ1v) is 7.43. The van der Waals surface area contributed by atoms with Gasteiger partial charge in [-0.15, -0.1) is 0 Å². The van der Waals surface area contributed by atoms with Gasteiger partial charge in [0, 0.05) is 11.0 Å². The molecule has 1 nitrogen and oxygen atoms in total. The normalized spacial score (nSPS) is 24.2. The summed E-state index contributed by atoms with van der Waals surface area (Å²) in [5, 5.41) is 9.58. The Hall–Kier alpha value is -0.940. The molecule has 2 atom stereocenters. The molecule has 0 aromatic heterocycles. The van der Waals surface area contributed by atoms with E-state index in [-0.39, 0.29) is 0 Å². The van der Waals surface area contributed by atoms with E-state index < -0.39 is 0 Å². The van der Waals surface area contributed by atoms with Crippen LogP contribution in [0.5, 0.6) is 0 Å². The monoisotopic (exact) mass is 245 g/mol. The third-order valence-corrected chi connectivity index (χ3v) is 4.86. The maximum atomic E-state index is 8.74. The van der Waals surface area contributed by atoms with Crippen molar-refractivity contribution < 1.29 is 0 Å². The van der Waals surface area contributed by atoms with Crippen molar-refractivity contribution in [1.29, 1.82) is 5.26 Å². The summed E-state index contributed by atoms with van der Waals surface area (Å²) in [5.41, 5.74) is 2.09. The third kappa shape index (κ3) is 3.78. The van der Waals surface area contributed by atoms with Gasteiger partial charge in [0.1, 0.15) is 0 Å². The highest BCUT2D eigenvalue weighted by Crippen LogP contribution is 2.33. The number of thioether (sulfide) groups is 1. The molecule has 1 saturated carbocycles. The Bertz CT molecular complexity index is 390. The van der Waals surface area contributed by atoms with E-state index in [0.717, 1.165) is 22.5 Å². The molecular formula is C15H19NS. The fraction of sp³-hybridized carbons (Fsp3) is 0.533. The van der Waals surface area contributed by atoms with Crippen LogP contribution in [0.2, 0.25) is 0 Å². The number of nitriles is 1. The van der Waals surface area contributed by atoms with Crippen LogP contribution in [0.4, 0.5) is 0 Å². The van der Waals surface area contributed by atoms with Crippen molar-refractivity contribution in [1.82, 2.24) is 0 Å². The second-order valence-electron chi connectivity index (χ2n) is 5.01. The molecule has 17 heavy (non-hydrogen) atoms. The molecule has 0 N–H and O–H groups in total. The van der Waals surface area contributed by atoms with Gasteiger partial charge in [0.05, 0.1) is 11.6 Å². The van der Waals surface area contributed by atoms with Crippen LogP contribution in [-0.2, 0) is 5.75 Å². The van der Waals surface area contributed by atoms with Gasteiger partial charge in [-0.1, -0.05) is 31.9 Å². The van der Waals surface area contributed by atoms with Gasteiger partial charge < -0.3 is 0 Å². The first-order chi connectivity index (χ1) is 8.28. The van der Waals surface area contributed by atoms with Crippen LogP contribution in [0.25, 0.3) is 0 Å². The predicted octanol–water partition coefficient (Wildman–Crippen LogP) is 4.37.